The average Bonchev–Trinajstić information content (AvgIpc) is 3.29. The minimum atomic E-state index is -0.435. The highest BCUT2D eigenvalue weighted by molar-refractivity contribution is 8.01. The predicted octanol–water partition coefficient (Wildman–Crippen LogP) is 5.26. The number of nitrogens with zero attached hydrogens (tertiary/aromatic N) is 3. The monoisotopic (exact) mass is 526 g/mol. The Morgan fingerprint density at radius 1 is 0.868 bits per heavy atom. The lowest BCUT2D eigenvalue weighted by Crippen LogP contribution is -2.51. The summed E-state index contributed by atoms with van der Waals surface area (Å²) in [6, 6.07) is 27.6. The van der Waals surface area contributed by atoms with Gasteiger partial charge in [0.25, 0.3) is 0 Å². The fraction of sp³-hybridized carbons (Fsp3) is 0.300. The molecule has 8 heteroatoms. The molecule has 6 rings (SSSR count). The van der Waals surface area contributed by atoms with Crippen molar-refractivity contribution in [3.8, 4) is 0 Å². The standard InChI is InChI=1S/C30H30N4O3S/c35-27(32-17-15-23(16-18-32)33-20-22-11-7-8-14-25(22)31-30(33)37)19-26-28(36)34(24-12-5-2-6-13-24)29(38-26)21-9-3-1-4-10-21/h1-14,23,26,29H,15-20H2,(H,31,37). The minimum Gasteiger partial charge on any atom is -0.342 e. The Bertz CT molecular complexity index is 1330. The van der Waals surface area contributed by atoms with Crippen LogP contribution in [0.25, 0.3) is 0 Å². The summed E-state index contributed by atoms with van der Waals surface area (Å²) in [7, 11) is 0. The predicted molar refractivity (Wildman–Crippen MR) is 150 cm³/mol. The van der Waals surface area contributed by atoms with E-state index in [0.29, 0.717) is 19.6 Å². The molecule has 2 fully saturated rings. The molecule has 3 aromatic rings. The van der Waals surface area contributed by atoms with E-state index in [9.17, 15) is 14.4 Å². The van der Waals surface area contributed by atoms with Crippen molar-refractivity contribution in [2.75, 3.05) is 23.3 Å². The summed E-state index contributed by atoms with van der Waals surface area (Å²) in [4.78, 5) is 45.2. The zero-order chi connectivity index (χ0) is 26.1. The van der Waals surface area contributed by atoms with Gasteiger partial charge in [-0.25, -0.2) is 4.79 Å². The number of hydrogen-bond donors (Lipinski definition) is 1. The summed E-state index contributed by atoms with van der Waals surface area (Å²) in [6.07, 6.45) is 1.64. The van der Waals surface area contributed by atoms with Gasteiger partial charge in [0.05, 0.1) is 5.25 Å². The molecule has 0 spiro atoms. The van der Waals surface area contributed by atoms with Crippen molar-refractivity contribution in [1.82, 2.24) is 9.80 Å². The molecule has 1 N–H and O–H groups in total. The number of hydrogen-bond acceptors (Lipinski definition) is 4. The van der Waals surface area contributed by atoms with Crippen LogP contribution in [0, 0.1) is 0 Å². The molecule has 38 heavy (non-hydrogen) atoms. The van der Waals surface area contributed by atoms with Crippen molar-refractivity contribution in [3.63, 3.8) is 0 Å². The van der Waals surface area contributed by atoms with Crippen molar-refractivity contribution in [1.29, 1.82) is 0 Å². The van der Waals surface area contributed by atoms with Crippen LogP contribution in [0.4, 0.5) is 16.2 Å². The molecule has 0 saturated carbocycles. The molecule has 4 amide bonds. The molecule has 3 heterocycles. The highest BCUT2D eigenvalue weighted by atomic mass is 32.2. The van der Waals surface area contributed by atoms with E-state index in [-0.39, 0.29) is 35.7 Å². The van der Waals surface area contributed by atoms with Gasteiger partial charge in [-0.15, -0.1) is 11.8 Å². The van der Waals surface area contributed by atoms with Gasteiger partial charge in [0, 0.05) is 43.5 Å². The Hall–Kier alpha value is -3.78. The molecular weight excluding hydrogens is 496 g/mol. The van der Waals surface area contributed by atoms with Crippen LogP contribution >= 0.6 is 11.8 Å². The molecule has 2 unspecified atom stereocenters. The van der Waals surface area contributed by atoms with Crippen LogP contribution in [0.5, 0.6) is 0 Å². The zero-order valence-electron chi connectivity index (χ0n) is 21.0. The molecule has 7 nitrogen and oxygen atoms in total. The summed E-state index contributed by atoms with van der Waals surface area (Å²) in [5.41, 5.74) is 3.87. The summed E-state index contributed by atoms with van der Waals surface area (Å²) in [5, 5.41) is 2.38. The third-order valence-corrected chi connectivity index (χ3v) is 9.08. The van der Waals surface area contributed by atoms with Crippen molar-refractivity contribution in [3.05, 3.63) is 96.1 Å². The molecule has 0 radical (unpaired) electrons. The van der Waals surface area contributed by atoms with Crippen molar-refractivity contribution < 1.29 is 14.4 Å². The second-order valence-corrected chi connectivity index (χ2v) is 11.3. The largest absolute Gasteiger partial charge is 0.342 e. The van der Waals surface area contributed by atoms with Crippen LogP contribution in [0.2, 0.25) is 0 Å². The molecule has 0 aliphatic carbocycles. The average molecular weight is 527 g/mol. The van der Waals surface area contributed by atoms with Crippen molar-refractivity contribution in [2.24, 2.45) is 0 Å². The first kappa shape index (κ1) is 24.6. The van der Waals surface area contributed by atoms with Gasteiger partial charge in [-0.1, -0.05) is 66.7 Å². The number of anilines is 2. The lowest BCUT2D eigenvalue weighted by molar-refractivity contribution is -0.134. The molecule has 0 aromatic heterocycles. The number of carbonyl (C=O) groups excluding carboxylic acids is 3. The maximum absolute atomic E-state index is 13.6. The van der Waals surface area contributed by atoms with E-state index < -0.39 is 5.25 Å². The van der Waals surface area contributed by atoms with Gasteiger partial charge in [-0.05, 0) is 42.2 Å². The van der Waals surface area contributed by atoms with Crippen LogP contribution in [0.1, 0.15) is 35.8 Å². The number of likely N-dealkylation sites (tertiary alicyclic amines) is 1. The normalized spacial score (nSPS) is 21.8. The first-order chi connectivity index (χ1) is 18.6. The molecular formula is C30H30N4O3S. The number of nitrogens with one attached hydrogen (secondary N) is 1. The summed E-state index contributed by atoms with van der Waals surface area (Å²) >= 11 is 1.55. The molecule has 194 valence electrons. The van der Waals surface area contributed by atoms with Crippen LogP contribution in [0.15, 0.2) is 84.9 Å². The van der Waals surface area contributed by atoms with Gasteiger partial charge in [0.2, 0.25) is 11.8 Å². The van der Waals surface area contributed by atoms with Gasteiger partial charge in [-0.2, -0.15) is 0 Å². The number of piperidine rings is 1. The van der Waals surface area contributed by atoms with Crippen LogP contribution in [0.3, 0.4) is 0 Å². The second kappa shape index (κ2) is 10.5. The Morgan fingerprint density at radius 3 is 2.26 bits per heavy atom. The summed E-state index contributed by atoms with van der Waals surface area (Å²) < 4.78 is 0. The van der Waals surface area contributed by atoms with E-state index in [1.807, 2.05) is 99.6 Å². The number of benzene rings is 3. The van der Waals surface area contributed by atoms with Gasteiger partial charge in [-0.3, -0.25) is 14.5 Å². The molecule has 2 saturated heterocycles. The van der Waals surface area contributed by atoms with E-state index in [0.717, 1.165) is 35.3 Å². The minimum absolute atomic E-state index is 0.00413. The number of amides is 4. The highest BCUT2D eigenvalue weighted by Crippen LogP contribution is 2.46. The maximum atomic E-state index is 13.6. The number of thioether (sulfide) groups is 1. The number of rotatable bonds is 5. The first-order valence-corrected chi connectivity index (χ1v) is 14.0. The molecule has 3 aromatic carbocycles. The topological polar surface area (TPSA) is 73.0 Å². The summed E-state index contributed by atoms with van der Waals surface area (Å²) in [5.74, 6) is -0.0218. The molecule has 2 atom stereocenters. The smallest absolute Gasteiger partial charge is 0.322 e. The van der Waals surface area contributed by atoms with Crippen molar-refractivity contribution in [2.45, 2.75) is 42.5 Å². The molecule has 0 bridgehead atoms. The Labute approximate surface area is 226 Å². The van der Waals surface area contributed by atoms with E-state index in [2.05, 4.69) is 5.32 Å². The lowest BCUT2D eigenvalue weighted by Gasteiger charge is -2.40. The zero-order valence-corrected chi connectivity index (χ0v) is 21.8. The Balaban J connectivity index is 1.10. The van der Waals surface area contributed by atoms with Crippen LogP contribution < -0.4 is 10.2 Å². The quantitative estimate of drug-likeness (QED) is 0.492. The van der Waals surface area contributed by atoms with E-state index in [1.54, 1.807) is 11.8 Å². The van der Waals surface area contributed by atoms with Gasteiger partial charge in [0.15, 0.2) is 0 Å². The number of para-hydroxylation sites is 2. The third-order valence-electron chi connectivity index (χ3n) is 7.64. The van der Waals surface area contributed by atoms with Gasteiger partial charge >= 0.3 is 6.03 Å². The summed E-state index contributed by atoms with van der Waals surface area (Å²) in [6.45, 7) is 1.76. The molecule has 3 aliphatic rings. The van der Waals surface area contributed by atoms with Crippen molar-refractivity contribution >= 4 is 41.0 Å². The number of fused-ring (bicyclic) bond motifs is 1. The second-order valence-electron chi connectivity index (χ2n) is 9.96. The van der Waals surface area contributed by atoms with Gasteiger partial charge < -0.3 is 15.1 Å². The SMILES string of the molecule is O=C(CC1SC(c2ccccc2)N(c2ccccc2)C1=O)N1CCC(N2Cc3ccccc3NC2=O)CC1. The maximum Gasteiger partial charge on any atom is 0.322 e. The van der Waals surface area contributed by atoms with Crippen LogP contribution in [-0.4, -0.2) is 52.0 Å². The number of urea groups is 1. The van der Waals surface area contributed by atoms with E-state index in [1.165, 1.54) is 0 Å². The fourth-order valence-corrected chi connectivity index (χ4v) is 7.05. The van der Waals surface area contributed by atoms with E-state index in [4.69, 9.17) is 0 Å². The first-order valence-electron chi connectivity index (χ1n) is 13.1. The fourth-order valence-electron chi connectivity index (χ4n) is 5.61. The van der Waals surface area contributed by atoms with E-state index >= 15 is 0 Å². The molecule has 3 aliphatic heterocycles. The third kappa shape index (κ3) is 4.76. The number of carbonyl (C=O) groups is 3. The Kier molecular flexibility index (Phi) is 6.81. The van der Waals surface area contributed by atoms with Gasteiger partial charge in [0.1, 0.15) is 5.37 Å². The van der Waals surface area contributed by atoms with Crippen LogP contribution in [-0.2, 0) is 16.1 Å². The lowest BCUT2D eigenvalue weighted by atomic mass is 10.0. The highest BCUT2D eigenvalue weighted by Gasteiger charge is 2.43. The Morgan fingerprint density at radius 2 is 1.53 bits per heavy atom.